The van der Waals surface area contributed by atoms with E-state index in [1.165, 1.54) is 32.1 Å². The van der Waals surface area contributed by atoms with Crippen LogP contribution in [0.5, 0.6) is 0 Å². The molecule has 14 heavy (non-hydrogen) atoms. The van der Waals surface area contributed by atoms with Crippen molar-refractivity contribution in [2.45, 2.75) is 45.1 Å². The number of nitrogens with zero attached hydrogens (tertiary/aromatic N) is 1. The second kappa shape index (κ2) is 5.35. The summed E-state index contributed by atoms with van der Waals surface area (Å²) in [5, 5.41) is 8.70. The van der Waals surface area contributed by atoms with Gasteiger partial charge in [-0.25, -0.2) is 0 Å². The summed E-state index contributed by atoms with van der Waals surface area (Å²) in [6, 6.07) is 0.491. The number of likely N-dealkylation sites (N-methyl/N-ethyl adjacent to an activating group) is 1. The van der Waals surface area contributed by atoms with E-state index in [4.69, 9.17) is 5.11 Å². The molecular weight excluding hydrogens is 178 g/mol. The van der Waals surface area contributed by atoms with Crippen LogP contribution in [0.15, 0.2) is 0 Å². The maximum absolute atomic E-state index is 10.6. The second-order valence-corrected chi connectivity index (χ2v) is 4.40. The Morgan fingerprint density at radius 2 is 2.21 bits per heavy atom. The molecule has 0 spiro atoms. The molecule has 0 saturated heterocycles. The maximum atomic E-state index is 10.6. The van der Waals surface area contributed by atoms with Crippen LogP contribution in [0.1, 0.15) is 39.0 Å². The van der Waals surface area contributed by atoms with Gasteiger partial charge in [0.25, 0.3) is 0 Å². The molecular formula is C11H21NO2. The van der Waals surface area contributed by atoms with Crippen LogP contribution in [-0.2, 0) is 4.79 Å². The lowest BCUT2D eigenvalue weighted by atomic mass is 9.83. The van der Waals surface area contributed by atoms with Crippen molar-refractivity contribution in [2.24, 2.45) is 5.92 Å². The molecule has 3 heteroatoms. The molecule has 0 radical (unpaired) electrons. The Bertz CT molecular complexity index is 194. The third kappa shape index (κ3) is 3.29. The predicted octanol–water partition coefficient (Wildman–Crippen LogP) is 1.97. The van der Waals surface area contributed by atoms with Gasteiger partial charge in [-0.05, 0) is 25.8 Å². The fourth-order valence-electron chi connectivity index (χ4n) is 2.38. The van der Waals surface area contributed by atoms with Crippen molar-refractivity contribution in [2.75, 3.05) is 13.6 Å². The van der Waals surface area contributed by atoms with E-state index >= 15 is 0 Å². The monoisotopic (exact) mass is 199 g/mol. The Morgan fingerprint density at radius 1 is 1.50 bits per heavy atom. The summed E-state index contributed by atoms with van der Waals surface area (Å²) >= 11 is 0. The summed E-state index contributed by atoms with van der Waals surface area (Å²) in [5.74, 6) is 0.0936. The van der Waals surface area contributed by atoms with Gasteiger partial charge in [-0.1, -0.05) is 26.2 Å². The molecule has 0 aromatic rings. The van der Waals surface area contributed by atoms with Gasteiger partial charge in [0, 0.05) is 6.04 Å². The number of carbonyl (C=O) groups is 1. The summed E-state index contributed by atoms with van der Waals surface area (Å²) in [6.07, 6.45) is 6.17. The first-order valence-corrected chi connectivity index (χ1v) is 5.55. The van der Waals surface area contributed by atoms with Crippen molar-refractivity contribution < 1.29 is 9.90 Å². The van der Waals surface area contributed by atoms with Crippen LogP contribution in [0.4, 0.5) is 0 Å². The van der Waals surface area contributed by atoms with Gasteiger partial charge in [0.1, 0.15) is 0 Å². The molecule has 0 bridgehead atoms. The number of aliphatic carboxylic acids is 1. The van der Waals surface area contributed by atoms with Crippen molar-refractivity contribution >= 4 is 5.97 Å². The molecule has 0 amide bonds. The zero-order chi connectivity index (χ0) is 10.6. The molecule has 2 unspecified atom stereocenters. The van der Waals surface area contributed by atoms with E-state index < -0.39 is 5.97 Å². The third-order valence-corrected chi connectivity index (χ3v) is 3.34. The fraction of sp³-hybridized carbons (Fsp3) is 0.909. The highest BCUT2D eigenvalue weighted by atomic mass is 16.4. The van der Waals surface area contributed by atoms with E-state index in [2.05, 4.69) is 6.92 Å². The topological polar surface area (TPSA) is 40.5 Å². The van der Waals surface area contributed by atoms with Crippen LogP contribution in [0.3, 0.4) is 0 Å². The van der Waals surface area contributed by atoms with E-state index in [1.54, 1.807) is 0 Å². The van der Waals surface area contributed by atoms with Gasteiger partial charge in [0.15, 0.2) is 0 Å². The molecule has 3 nitrogen and oxygen atoms in total. The lowest BCUT2D eigenvalue weighted by molar-refractivity contribution is -0.138. The molecule has 82 valence electrons. The first-order valence-electron chi connectivity index (χ1n) is 5.55. The van der Waals surface area contributed by atoms with E-state index in [9.17, 15) is 4.79 Å². The molecule has 0 heterocycles. The van der Waals surface area contributed by atoms with E-state index in [0.29, 0.717) is 6.04 Å². The molecule has 1 saturated carbocycles. The average Bonchev–Trinajstić information content (AvgIpc) is 2.17. The lowest BCUT2D eigenvalue weighted by Crippen LogP contribution is -2.39. The zero-order valence-corrected chi connectivity index (χ0v) is 9.20. The van der Waals surface area contributed by atoms with Gasteiger partial charge in [-0.15, -0.1) is 0 Å². The number of hydrogen-bond acceptors (Lipinski definition) is 2. The quantitative estimate of drug-likeness (QED) is 0.752. The lowest BCUT2D eigenvalue weighted by Gasteiger charge is -2.34. The van der Waals surface area contributed by atoms with Gasteiger partial charge >= 0.3 is 5.97 Å². The first kappa shape index (κ1) is 11.5. The minimum absolute atomic E-state index is 0.182. The summed E-state index contributed by atoms with van der Waals surface area (Å²) in [4.78, 5) is 12.6. The van der Waals surface area contributed by atoms with Crippen LogP contribution in [0.25, 0.3) is 0 Å². The van der Waals surface area contributed by atoms with E-state index in [-0.39, 0.29) is 6.54 Å². The number of rotatable bonds is 4. The third-order valence-electron chi connectivity index (χ3n) is 3.34. The average molecular weight is 199 g/mol. The molecule has 0 aromatic carbocycles. The fourth-order valence-corrected chi connectivity index (χ4v) is 2.38. The number of carboxylic acids is 1. The molecule has 1 aliphatic carbocycles. The summed E-state index contributed by atoms with van der Waals surface area (Å²) < 4.78 is 0. The van der Waals surface area contributed by atoms with Gasteiger partial charge in [0.05, 0.1) is 6.54 Å². The minimum atomic E-state index is -0.717. The van der Waals surface area contributed by atoms with Crippen LogP contribution >= 0.6 is 0 Å². The summed E-state index contributed by atoms with van der Waals surface area (Å²) in [6.45, 7) is 2.41. The molecule has 0 aromatic heterocycles. The summed E-state index contributed by atoms with van der Waals surface area (Å²) in [5.41, 5.74) is 0. The molecule has 2 atom stereocenters. The molecule has 1 N–H and O–H groups in total. The highest BCUT2D eigenvalue weighted by Gasteiger charge is 2.24. The highest BCUT2D eigenvalue weighted by molar-refractivity contribution is 5.69. The molecule has 0 aliphatic heterocycles. The molecule has 1 rings (SSSR count). The van der Waals surface area contributed by atoms with Crippen molar-refractivity contribution in [3.8, 4) is 0 Å². The summed E-state index contributed by atoms with van der Waals surface area (Å²) in [7, 11) is 1.93. The highest BCUT2D eigenvalue weighted by Crippen LogP contribution is 2.28. The SMILES string of the molecule is CCC1CCCC(N(C)CC(=O)O)C1. The number of carboxylic acid groups (broad SMARTS) is 1. The van der Waals surface area contributed by atoms with Gasteiger partial charge in [0.2, 0.25) is 0 Å². The Kier molecular flexibility index (Phi) is 4.39. The van der Waals surface area contributed by atoms with Crippen LogP contribution in [0.2, 0.25) is 0 Å². The standard InChI is InChI=1S/C11H21NO2/c1-3-9-5-4-6-10(7-9)12(2)8-11(13)14/h9-10H,3-8H2,1-2H3,(H,13,14). The van der Waals surface area contributed by atoms with Gasteiger partial charge in [-0.3, -0.25) is 9.69 Å². The van der Waals surface area contributed by atoms with Gasteiger partial charge in [-0.2, -0.15) is 0 Å². The zero-order valence-electron chi connectivity index (χ0n) is 9.20. The smallest absolute Gasteiger partial charge is 0.317 e. The van der Waals surface area contributed by atoms with Crippen molar-refractivity contribution in [1.82, 2.24) is 4.90 Å². The van der Waals surface area contributed by atoms with Crippen LogP contribution in [-0.4, -0.2) is 35.6 Å². The largest absolute Gasteiger partial charge is 0.480 e. The Hall–Kier alpha value is -0.570. The van der Waals surface area contributed by atoms with Crippen molar-refractivity contribution in [1.29, 1.82) is 0 Å². The van der Waals surface area contributed by atoms with Crippen LogP contribution < -0.4 is 0 Å². The van der Waals surface area contributed by atoms with Crippen molar-refractivity contribution in [3.63, 3.8) is 0 Å². The number of hydrogen-bond donors (Lipinski definition) is 1. The minimum Gasteiger partial charge on any atom is -0.480 e. The maximum Gasteiger partial charge on any atom is 0.317 e. The first-order chi connectivity index (χ1) is 6.63. The second-order valence-electron chi connectivity index (χ2n) is 4.40. The Balaban J connectivity index is 2.38. The van der Waals surface area contributed by atoms with Gasteiger partial charge < -0.3 is 5.11 Å². The molecule has 1 aliphatic rings. The van der Waals surface area contributed by atoms with E-state index in [0.717, 1.165) is 5.92 Å². The Labute approximate surface area is 86.1 Å². The predicted molar refractivity (Wildman–Crippen MR) is 56.3 cm³/mol. The molecule has 1 fully saturated rings. The Morgan fingerprint density at radius 3 is 2.79 bits per heavy atom. The van der Waals surface area contributed by atoms with Crippen LogP contribution in [0, 0.1) is 5.92 Å². The van der Waals surface area contributed by atoms with E-state index in [1.807, 2.05) is 11.9 Å². The van der Waals surface area contributed by atoms with Crippen molar-refractivity contribution in [3.05, 3.63) is 0 Å². The normalized spacial score (nSPS) is 27.9.